The van der Waals surface area contributed by atoms with Crippen LogP contribution in [0.25, 0.3) is 6.08 Å². The molecule has 24 heavy (non-hydrogen) atoms. The van der Waals surface area contributed by atoms with Crippen molar-refractivity contribution in [1.29, 1.82) is 0 Å². The van der Waals surface area contributed by atoms with Crippen LogP contribution in [0.1, 0.15) is 38.8 Å². The summed E-state index contributed by atoms with van der Waals surface area (Å²) in [6, 6.07) is 0. The van der Waals surface area contributed by atoms with Crippen molar-refractivity contribution in [3.8, 4) is 0 Å². The molecule has 0 aliphatic carbocycles. The van der Waals surface area contributed by atoms with Crippen LogP contribution in [0.5, 0.6) is 0 Å². The molecule has 0 saturated carbocycles. The summed E-state index contributed by atoms with van der Waals surface area (Å²) in [7, 11) is 0. The molecule has 1 aliphatic heterocycles. The molecule has 1 saturated heterocycles. The van der Waals surface area contributed by atoms with Crippen molar-refractivity contribution in [2.75, 3.05) is 19.7 Å². The van der Waals surface area contributed by atoms with Crippen LogP contribution < -0.4 is 5.32 Å². The van der Waals surface area contributed by atoms with Gasteiger partial charge in [-0.1, -0.05) is 17.0 Å². The zero-order valence-electron chi connectivity index (χ0n) is 14.2. The number of aryl methyl sites for hydroxylation is 1. The van der Waals surface area contributed by atoms with E-state index in [0.29, 0.717) is 26.0 Å². The highest BCUT2D eigenvalue weighted by atomic mass is 32.2. The number of thioether (sulfide) groups is 1. The maximum absolute atomic E-state index is 11.4. The predicted molar refractivity (Wildman–Crippen MR) is 93.4 cm³/mol. The van der Waals surface area contributed by atoms with E-state index >= 15 is 0 Å². The zero-order chi connectivity index (χ0) is 17.4. The molecule has 1 atom stereocenters. The summed E-state index contributed by atoms with van der Waals surface area (Å²) >= 11 is 1.38. The highest BCUT2D eigenvalue weighted by molar-refractivity contribution is 8.14. The monoisotopic (exact) mass is 352 g/mol. The molecule has 0 spiro atoms. The Kier molecular flexibility index (Phi) is 7.45. The Morgan fingerprint density at radius 1 is 1.54 bits per heavy atom. The van der Waals surface area contributed by atoms with Crippen LogP contribution in [0.3, 0.4) is 0 Å². The number of hydrogen-bond donors (Lipinski definition) is 1. The van der Waals surface area contributed by atoms with E-state index in [2.05, 4.69) is 15.6 Å². The number of nitrogens with one attached hydrogen (secondary N) is 1. The van der Waals surface area contributed by atoms with Crippen LogP contribution in [-0.4, -0.2) is 51.0 Å². The Morgan fingerprint density at radius 2 is 2.38 bits per heavy atom. The summed E-state index contributed by atoms with van der Waals surface area (Å²) in [5, 5.41) is 11.9. The van der Waals surface area contributed by atoms with Crippen molar-refractivity contribution in [3.05, 3.63) is 17.5 Å². The van der Waals surface area contributed by atoms with Gasteiger partial charge in [-0.2, -0.15) is 0 Å². The lowest BCUT2D eigenvalue weighted by Crippen LogP contribution is -2.32. The van der Waals surface area contributed by atoms with Gasteiger partial charge in [0.1, 0.15) is 5.69 Å². The van der Waals surface area contributed by atoms with Crippen molar-refractivity contribution in [3.63, 3.8) is 0 Å². The zero-order valence-corrected chi connectivity index (χ0v) is 15.0. The largest absolute Gasteiger partial charge is 0.466 e. The highest BCUT2D eigenvalue weighted by Gasteiger charge is 2.21. The van der Waals surface area contributed by atoms with Gasteiger partial charge in [-0.3, -0.25) is 14.3 Å². The average molecular weight is 352 g/mol. The first-order valence-electron chi connectivity index (χ1n) is 8.22. The van der Waals surface area contributed by atoms with Gasteiger partial charge in [0.15, 0.2) is 5.12 Å². The van der Waals surface area contributed by atoms with Crippen LogP contribution in [0.2, 0.25) is 0 Å². The first-order chi connectivity index (χ1) is 11.6. The van der Waals surface area contributed by atoms with E-state index in [0.717, 1.165) is 25.2 Å². The highest BCUT2D eigenvalue weighted by Crippen LogP contribution is 2.26. The van der Waals surface area contributed by atoms with Crippen LogP contribution in [0, 0.1) is 0 Å². The SMILES string of the molecule is CCOC(=O)CCCn1cc(/C=C2/CNCCC2SC(C)=O)nn1. The number of rotatable bonds is 7. The van der Waals surface area contributed by atoms with Gasteiger partial charge in [0.25, 0.3) is 0 Å². The summed E-state index contributed by atoms with van der Waals surface area (Å²) < 4.78 is 6.63. The third-order valence-corrected chi connectivity index (χ3v) is 4.75. The second kappa shape index (κ2) is 9.58. The van der Waals surface area contributed by atoms with Crippen molar-refractivity contribution in [1.82, 2.24) is 20.3 Å². The number of hydrogen-bond acceptors (Lipinski definition) is 7. The van der Waals surface area contributed by atoms with Crippen molar-refractivity contribution in [2.45, 2.75) is 44.9 Å². The van der Waals surface area contributed by atoms with Gasteiger partial charge in [-0.05, 0) is 38.0 Å². The minimum Gasteiger partial charge on any atom is -0.466 e. The number of ether oxygens (including phenoxy) is 1. The van der Waals surface area contributed by atoms with E-state index in [4.69, 9.17) is 4.74 Å². The number of carbonyl (C=O) groups is 2. The Hall–Kier alpha value is -1.67. The number of carbonyl (C=O) groups excluding carboxylic acids is 2. The number of piperidine rings is 1. The number of esters is 1. The molecule has 0 bridgehead atoms. The van der Waals surface area contributed by atoms with Crippen molar-refractivity contribution < 1.29 is 14.3 Å². The Labute approximate surface area is 146 Å². The normalized spacial score (nSPS) is 19.4. The van der Waals surface area contributed by atoms with Gasteiger partial charge in [0.2, 0.25) is 0 Å². The van der Waals surface area contributed by atoms with E-state index in [1.165, 1.54) is 17.3 Å². The minimum absolute atomic E-state index is 0.135. The van der Waals surface area contributed by atoms with E-state index in [-0.39, 0.29) is 16.3 Å². The Bertz CT molecular complexity index is 600. The fourth-order valence-electron chi connectivity index (χ4n) is 2.54. The summed E-state index contributed by atoms with van der Waals surface area (Å²) in [6.07, 6.45) is 5.85. The Morgan fingerprint density at radius 3 is 3.12 bits per heavy atom. The van der Waals surface area contributed by atoms with Gasteiger partial charge in [-0.25, -0.2) is 0 Å². The second-order valence-corrected chi connectivity index (χ2v) is 6.98. The summed E-state index contributed by atoms with van der Waals surface area (Å²) in [5.74, 6) is -0.183. The molecule has 0 radical (unpaired) electrons. The molecule has 1 aliphatic rings. The number of aromatic nitrogens is 3. The van der Waals surface area contributed by atoms with Crippen LogP contribution in [-0.2, 0) is 20.9 Å². The average Bonchev–Trinajstić information content (AvgIpc) is 2.96. The molecule has 1 unspecified atom stereocenters. The summed E-state index contributed by atoms with van der Waals surface area (Å²) in [6.45, 7) is 6.12. The lowest BCUT2D eigenvalue weighted by Gasteiger charge is -2.24. The molecule has 0 aromatic carbocycles. The topological polar surface area (TPSA) is 86.1 Å². The molecular formula is C16H24N4O3S. The summed E-state index contributed by atoms with van der Waals surface area (Å²) in [5.41, 5.74) is 1.94. The van der Waals surface area contributed by atoms with Gasteiger partial charge in [0, 0.05) is 31.7 Å². The molecule has 0 amide bonds. The van der Waals surface area contributed by atoms with Gasteiger partial charge >= 0.3 is 5.97 Å². The molecule has 1 aromatic rings. The molecule has 8 heteroatoms. The first-order valence-corrected chi connectivity index (χ1v) is 9.10. The summed E-state index contributed by atoms with van der Waals surface area (Å²) in [4.78, 5) is 22.7. The van der Waals surface area contributed by atoms with Gasteiger partial charge < -0.3 is 10.1 Å². The van der Waals surface area contributed by atoms with E-state index in [1.807, 2.05) is 12.3 Å². The predicted octanol–water partition coefficient (Wildman–Crippen LogP) is 1.65. The molecule has 2 heterocycles. The molecule has 7 nitrogen and oxygen atoms in total. The van der Waals surface area contributed by atoms with Crippen molar-refractivity contribution >= 4 is 28.9 Å². The molecule has 1 N–H and O–H groups in total. The fraction of sp³-hybridized carbons (Fsp3) is 0.625. The second-order valence-electron chi connectivity index (χ2n) is 5.60. The molecular weight excluding hydrogens is 328 g/mol. The van der Waals surface area contributed by atoms with Crippen LogP contribution >= 0.6 is 11.8 Å². The smallest absolute Gasteiger partial charge is 0.305 e. The lowest BCUT2D eigenvalue weighted by atomic mass is 10.1. The third-order valence-electron chi connectivity index (χ3n) is 3.60. The van der Waals surface area contributed by atoms with Gasteiger partial charge in [-0.15, -0.1) is 5.10 Å². The molecule has 1 fully saturated rings. The van der Waals surface area contributed by atoms with Crippen LogP contribution in [0.15, 0.2) is 11.8 Å². The molecule has 132 valence electrons. The van der Waals surface area contributed by atoms with Crippen LogP contribution in [0.4, 0.5) is 0 Å². The molecule has 1 aromatic heterocycles. The van der Waals surface area contributed by atoms with E-state index in [9.17, 15) is 9.59 Å². The Balaban J connectivity index is 1.91. The quantitative estimate of drug-likeness (QED) is 0.747. The molecule has 2 rings (SSSR count). The van der Waals surface area contributed by atoms with Gasteiger partial charge in [0.05, 0.1) is 12.8 Å². The lowest BCUT2D eigenvalue weighted by molar-refractivity contribution is -0.143. The first kappa shape index (κ1) is 18.7. The van der Waals surface area contributed by atoms with Crippen molar-refractivity contribution in [2.24, 2.45) is 0 Å². The number of nitrogens with zero attached hydrogens (tertiary/aromatic N) is 3. The standard InChI is InChI=1S/C16H24N4O3S/c1-3-23-16(22)5-4-8-20-11-14(18-19-20)9-13-10-17-7-6-15(13)24-12(2)21/h9,11,15,17H,3-8,10H2,1-2H3/b13-9-. The minimum atomic E-state index is -0.183. The van der Waals surface area contributed by atoms with E-state index < -0.39 is 0 Å². The third kappa shape index (κ3) is 6.09. The van der Waals surface area contributed by atoms with E-state index in [1.54, 1.807) is 18.5 Å². The maximum atomic E-state index is 11.4. The maximum Gasteiger partial charge on any atom is 0.305 e. The fourth-order valence-corrected chi connectivity index (χ4v) is 3.48.